The van der Waals surface area contributed by atoms with Gasteiger partial charge in [0.1, 0.15) is 12.0 Å². The van der Waals surface area contributed by atoms with Gasteiger partial charge in [0.15, 0.2) is 0 Å². The van der Waals surface area contributed by atoms with Crippen LogP contribution >= 0.6 is 15.9 Å². The highest BCUT2D eigenvalue weighted by molar-refractivity contribution is 9.10. The number of rotatable bonds is 4. The number of alkyl halides is 7. The Bertz CT molecular complexity index is 1070. The van der Waals surface area contributed by atoms with Crippen LogP contribution in [0.4, 0.5) is 39.5 Å². The van der Waals surface area contributed by atoms with Crippen LogP contribution in [-0.2, 0) is 11.8 Å². The average Bonchev–Trinajstić information content (AvgIpc) is 2.60. The number of primary amides is 1. The summed E-state index contributed by atoms with van der Waals surface area (Å²) < 4.78 is 121. The zero-order valence-corrected chi connectivity index (χ0v) is 15.7. The van der Waals surface area contributed by atoms with Crippen molar-refractivity contribution in [3.05, 3.63) is 57.3 Å². The molecule has 30 heavy (non-hydrogen) atoms. The molecular weight excluding hydrogens is 497 g/mol. The van der Waals surface area contributed by atoms with E-state index < -0.39 is 62.0 Å². The molecule has 160 valence electrons. The van der Waals surface area contributed by atoms with Gasteiger partial charge < -0.3 is 5.73 Å². The molecule has 2 nitrogen and oxygen atoms in total. The van der Waals surface area contributed by atoms with Crippen molar-refractivity contribution >= 4 is 21.8 Å². The first-order valence-corrected chi connectivity index (χ1v) is 8.32. The molecule has 2 aromatic carbocycles. The van der Waals surface area contributed by atoms with Crippen LogP contribution in [0.2, 0.25) is 0 Å². The van der Waals surface area contributed by atoms with Crippen LogP contribution in [0.3, 0.4) is 0 Å². The lowest BCUT2D eigenvalue weighted by atomic mass is 9.90. The van der Waals surface area contributed by atoms with Gasteiger partial charge in [-0.3, -0.25) is 4.79 Å². The van der Waals surface area contributed by atoms with E-state index in [0.29, 0.717) is 12.2 Å². The maximum absolute atomic E-state index is 14.6. The Kier molecular flexibility index (Phi) is 6.19. The third-order valence-electron chi connectivity index (χ3n) is 3.88. The van der Waals surface area contributed by atoms with Gasteiger partial charge in [0.05, 0.1) is 5.56 Å². The molecule has 1 amide bonds. The summed E-state index contributed by atoms with van der Waals surface area (Å²) in [7, 11) is 0. The van der Waals surface area contributed by atoms with E-state index >= 15 is 0 Å². The Morgan fingerprint density at radius 1 is 1.03 bits per heavy atom. The first-order valence-electron chi connectivity index (χ1n) is 7.53. The maximum Gasteiger partial charge on any atom is 0.458 e. The van der Waals surface area contributed by atoms with E-state index in [9.17, 15) is 44.3 Å². The molecule has 0 aliphatic rings. The summed E-state index contributed by atoms with van der Waals surface area (Å²) in [5, 5.41) is 0. The van der Waals surface area contributed by atoms with E-state index in [-0.39, 0.29) is 6.07 Å². The summed E-state index contributed by atoms with van der Waals surface area (Å²) in [4.78, 5) is 11.3. The number of hydrogen-bond donors (Lipinski definition) is 1. The lowest BCUT2D eigenvalue weighted by Gasteiger charge is -2.25. The van der Waals surface area contributed by atoms with E-state index in [1.54, 1.807) is 0 Å². The lowest BCUT2D eigenvalue weighted by Crippen LogP contribution is -2.34. The van der Waals surface area contributed by atoms with Crippen molar-refractivity contribution in [2.45, 2.75) is 18.0 Å². The minimum Gasteiger partial charge on any atom is -0.366 e. The second-order valence-electron chi connectivity index (χ2n) is 5.78. The first kappa shape index (κ1) is 23.6. The molecule has 0 atom stereocenters. The predicted octanol–water partition coefficient (Wildman–Crippen LogP) is 6.03. The number of nitrogens with two attached hydrogens (primary N) is 1. The highest BCUT2D eigenvalue weighted by atomic mass is 79.9. The Hall–Kier alpha value is -2.68. The molecule has 0 spiro atoms. The largest absolute Gasteiger partial charge is 0.458 e. The van der Waals surface area contributed by atoms with Crippen molar-refractivity contribution in [2.75, 3.05) is 0 Å². The summed E-state index contributed by atoms with van der Waals surface area (Å²) >= 11 is 2.57. The first-order chi connectivity index (χ1) is 13.6. The predicted molar refractivity (Wildman–Crippen MR) is 90.8 cm³/mol. The molecule has 0 aromatic heterocycles. The molecule has 0 saturated carbocycles. The zero-order chi connectivity index (χ0) is 23.1. The normalized spacial score (nSPS) is 12.3. The summed E-state index contributed by atoms with van der Waals surface area (Å²) in [5.74, 6) is -12.3. The van der Waals surface area contributed by atoms with E-state index in [2.05, 4.69) is 15.9 Å². The van der Waals surface area contributed by atoms with E-state index in [0.717, 1.165) is 24.1 Å². The number of benzene rings is 2. The molecule has 2 N–H and O–H groups in total. The second kappa shape index (κ2) is 7.86. The van der Waals surface area contributed by atoms with Crippen LogP contribution in [0.25, 0.3) is 11.1 Å². The van der Waals surface area contributed by atoms with E-state index in [1.165, 1.54) is 0 Å². The minimum atomic E-state index is -6.27. The van der Waals surface area contributed by atoms with Crippen LogP contribution in [0.5, 0.6) is 0 Å². The van der Waals surface area contributed by atoms with Gasteiger partial charge in [0, 0.05) is 32.6 Å². The fourth-order valence-electron chi connectivity index (χ4n) is 2.51. The van der Waals surface area contributed by atoms with Crippen LogP contribution in [-0.4, -0.2) is 12.1 Å². The molecule has 0 aliphatic heterocycles. The van der Waals surface area contributed by atoms with Gasteiger partial charge in [0.2, 0.25) is 0 Å². The van der Waals surface area contributed by atoms with Gasteiger partial charge in [-0.1, -0.05) is 28.1 Å². The van der Waals surface area contributed by atoms with Gasteiger partial charge in [-0.15, -0.1) is 4.39 Å². The van der Waals surface area contributed by atoms with Gasteiger partial charge in [-0.2, -0.15) is 30.7 Å². The zero-order valence-electron chi connectivity index (χ0n) is 14.2. The Morgan fingerprint density at radius 3 is 2.13 bits per heavy atom. The van der Waals surface area contributed by atoms with Crippen molar-refractivity contribution in [1.29, 1.82) is 0 Å². The van der Waals surface area contributed by atoms with Crippen LogP contribution in [0, 0.1) is 17.9 Å². The molecular formula is C18H7BrF9NO. The van der Waals surface area contributed by atoms with Crippen LogP contribution in [0.15, 0.2) is 34.8 Å². The van der Waals surface area contributed by atoms with Gasteiger partial charge in [-0.25, -0.2) is 4.39 Å². The number of halogens is 10. The molecule has 0 unspecified atom stereocenters. The van der Waals surface area contributed by atoms with Gasteiger partial charge in [0.25, 0.3) is 5.91 Å². The Balaban J connectivity index is 3.00. The van der Waals surface area contributed by atoms with Crippen molar-refractivity contribution < 1.29 is 44.3 Å². The molecule has 12 heteroatoms. The number of hydrogen-bond acceptors (Lipinski definition) is 1. The standard InChI is InChI=1S/C18H7BrF9NO/c19-12-7-8(16(22,23)4-5-20)6-11(17(24,25)18(26,27)28)13(12)9-2-1-3-10(14(9)21)15(29)30/h1-3,6-7H,(H2,29,30). The monoisotopic (exact) mass is 503 g/mol. The quantitative estimate of drug-likeness (QED) is 0.401. The molecule has 0 fully saturated rings. The van der Waals surface area contributed by atoms with Crippen molar-refractivity contribution in [3.63, 3.8) is 0 Å². The van der Waals surface area contributed by atoms with E-state index in [4.69, 9.17) is 5.73 Å². The van der Waals surface area contributed by atoms with Crippen molar-refractivity contribution in [3.8, 4) is 23.2 Å². The van der Waals surface area contributed by atoms with Crippen molar-refractivity contribution in [2.24, 2.45) is 5.73 Å². The molecule has 0 heterocycles. The highest BCUT2D eigenvalue weighted by Crippen LogP contribution is 2.50. The second-order valence-corrected chi connectivity index (χ2v) is 6.63. The molecule has 2 rings (SSSR count). The molecule has 0 radical (unpaired) electrons. The lowest BCUT2D eigenvalue weighted by molar-refractivity contribution is -0.289. The average molecular weight is 504 g/mol. The minimum absolute atomic E-state index is 0.256. The molecule has 0 bridgehead atoms. The Morgan fingerprint density at radius 2 is 1.63 bits per heavy atom. The summed E-state index contributed by atoms with van der Waals surface area (Å²) in [6, 6.07) is 2.66. The van der Waals surface area contributed by atoms with Gasteiger partial charge in [-0.05, 0) is 18.2 Å². The number of amides is 1. The molecule has 2 aromatic rings. The van der Waals surface area contributed by atoms with Crippen LogP contribution < -0.4 is 5.73 Å². The summed E-state index contributed by atoms with van der Waals surface area (Å²) in [6.07, 6.45) is -5.91. The molecule has 0 saturated heterocycles. The topological polar surface area (TPSA) is 43.1 Å². The van der Waals surface area contributed by atoms with Gasteiger partial charge >= 0.3 is 18.0 Å². The third-order valence-corrected chi connectivity index (χ3v) is 4.51. The maximum atomic E-state index is 14.6. The van der Waals surface area contributed by atoms with Crippen molar-refractivity contribution in [1.82, 2.24) is 0 Å². The van der Waals surface area contributed by atoms with Crippen LogP contribution in [0.1, 0.15) is 21.5 Å². The Labute approximate surface area is 171 Å². The highest BCUT2D eigenvalue weighted by Gasteiger charge is 2.60. The third kappa shape index (κ3) is 4.12. The number of carbonyl (C=O) groups is 1. The summed E-state index contributed by atoms with van der Waals surface area (Å²) in [6.45, 7) is 0. The fraction of sp³-hybridized carbons (Fsp3) is 0.167. The number of carbonyl (C=O) groups excluding carboxylic acids is 1. The SMILES string of the molecule is NC(=O)c1cccc(-c2c(Br)cc(C(F)(F)C#CF)cc2C(F)(F)C(F)(F)F)c1F. The fourth-order valence-corrected chi connectivity index (χ4v) is 3.18. The molecule has 0 aliphatic carbocycles. The summed E-state index contributed by atoms with van der Waals surface area (Å²) in [5.41, 5.74) is -1.57. The smallest absolute Gasteiger partial charge is 0.366 e. The van der Waals surface area contributed by atoms with E-state index in [1.807, 2.05) is 0 Å².